The van der Waals surface area contributed by atoms with E-state index in [-0.39, 0.29) is 57.1 Å². The van der Waals surface area contributed by atoms with Crippen LogP contribution in [0.15, 0.2) is 16.6 Å². The number of hydrogen-bond donors (Lipinski definition) is 0. The molecular formula is C7H5BrKNO2. The third-order valence-corrected chi connectivity index (χ3v) is 1.59. The maximum absolute atomic E-state index is 10.3. The minimum Gasteiger partial charge on any atom is -0.543 e. The molecule has 0 aromatic carbocycles. The summed E-state index contributed by atoms with van der Waals surface area (Å²) in [6.07, 6.45) is 0. The minimum atomic E-state index is -1.26. The molecule has 0 aliphatic carbocycles. The number of aromatic carboxylic acids is 1. The molecule has 0 unspecified atom stereocenters. The fraction of sp³-hybridized carbons (Fsp3) is 0.143. The van der Waals surface area contributed by atoms with Gasteiger partial charge in [0.2, 0.25) is 0 Å². The molecule has 58 valence electrons. The summed E-state index contributed by atoms with van der Waals surface area (Å²) in [5, 5.41) is 10.3. The van der Waals surface area contributed by atoms with Gasteiger partial charge in [-0.2, -0.15) is 0 Å². The molecule has 0 N–H and O–H groups in total. The van der Waals surface area contributed by atoms with Crippen LogP contribution in [-0.2, 0) is 0 Å². The van der Waals surface area contributed by atoms with Gasteiger partial charge >= 0.3 is 51.4 Å². The maximum atomic E-state index is 10.3. The summed E-state index contributed by atoms with van der Waals surface area (Å²) in [5.41, 5.74) is 0.607. The largest absolute Gasteiger partial charge is 1.00 e. The van der Waals surface area contributed by atoms with E-state index in [0.717, 1.165) is 0 Å². The normalized spacial score (nSPS) is 8.83. The first kappa shape index (κ1) is 12.7. The van der Waals surface area contributed by atoms with Gasteiger partial charge in [0.1, 0.15) is 0 Å². The van der Waals surface area contributed by atoms with Gasteiger partial charge in [-0.05, 0) is 19.1 Å². The fourth-order valence-corrected chi connectivity index (χ4v) is 1.28. The average Bonchev–Trinajstić information content (AvgIpc) is 1.85. The molecule has 1 aromatic heterocycles. The molecule has 0 fully saturated rings. The molecule has 5 heteroatoms. The zero-order chi connectivity index (χ0) is 8.43. The second kappa shape index (κ2) is 5.46. The van der Waals surface area contributed by atoms with Crippen molar-refractivity contribution in [1.82, 2.24) is 4.98 Å². The molecular weight excluding hydrogens is 249 g/mol. The van der Waals surface area contributed by atoms with Crippen molar-refractivity contribution in [1.29, 1.82) is 0 Å². The molecule has 0 spiro atoms. The van der Waals surface area contributed by atoms with Gasteiger partial charge in [0.15, 0.2) is 0 Å². The molecule has 0 atom stereocenters. The van der Waals surface area contributed by atoms with Crippen LogP contribution in [0.2, 0.25) is 0 Å². The summed E-state index contributed by atoms with van der Waals surface area (Å²) in [6, 6.07) is 3.13. The zero-order valence-electron chi connectivity index (χ0n) is 6.80. The average molecular weight is 254 g/mol. The number of rotatable bonds is 1. The van der Waals surface area contributed by atoms with E-state index in [1.54, 1.807) is 13.0 Å². The van der Waals surface area contributed by atoms with Gasteiger partial charge in [0.05, 0.1) is 11.7 Å². The third kappa shape index (κ3) is 3.63. The molecule has 1 rings (SSSR count). The van der Waals surface area contributed by atoms with E-state index >= 15 is 0 Å². The molecule has 0 saturated carbocycles. The molecule has 0 aliphatic heterocycles. The van der Waals surface area contributed by atoms with E-state index < -0.39 is 5.97 Å². The number of carbonyl (C=O) groups excluding carboxylic acids is 1. The Bertz CT molecular complexity index is 283. The smallest absolute Gasteiger partial charge is 0.543 e. The molecule has 0 amide bonds. The van der Waals surface area contributed by atoms with E-state index in [1.165, 1.54) is 6.07 Å². The number of aromatic nitrogens is 1. The van der Waals surface area contributed by atoms with Gasteiger partial charge in [0, 0.05) is 10.2 Å². The second-order valence-electron chi connectivity index (χ2n) is 2.10. The quantitative estimate of drug-likeness (QED) is 0.521. The predicted molar refractivity (Wildman–Crippen MR) is 41.0 cm³/mol. The molecule has 12 heavy (non-hydrogen) atoms. The Hall–Kier alpha value is 0.736. The topological polar surface area (TPSA) is 53.0 Å². The van der Waals surface area contributed by atoms with Crippen molar-refractivity contribution in [2.45, 2.75) is 6.92 Å². The van der Waals surface area contributed by atoms with Crippen LogP contribution in [0, 0.1) is 6.92 Å². The zero-order valence-corrected chi connectivity index (χ0v) is 11.5. The number of pyridine rings is 1. The van der Waals surface area contributed by atoms with E-state index in [9.17, 15) is 9.90 Å². The van der Waals surface area contributed by atoms with E-state index in [4.69, 9.17) is 0 Å². The van der Waals surface area contributed by atoms with Gasteiger partial charge in [0.25, 0.3) is 0 Å². The monoisotopic (exact) mass is 253 g/mol. The third-order valence-electron chi connectivity index (χ3n) is 1.13. The molecule has 3 nitrogen and oxygen atoms in total. The van der Waals surface area contributed by atoms with Crippen LogP contribution < -0.4 is 56.5 Å². The van der Waals surface area contributed by atoms with Crippen LogP contribution in [0.25, 0.3) is 0 Å². The SMILES string of the molecule is Cc1cc(Br)cc(C(=O)[O-])n1.[K+]. The summed E-state index contributed by atoms with van der Waals surface area (Å²) in [4.78, 5) is 14.1. The van der Waals surface area contributed by atoms with Crippen LogP contribution in [0.4, 0.5) is 0 Å². The van der Waals surface area contributed by atoms with Crippen LogP contribution in [0.5, 0.6) is 0 Å². The molecule has 1 aromatic rings. The number of carbonyl (C=O) groups is 1. The molecule has 0 saturated heterocycles. The number of aryl methyl sites for hydroxylation is 1. The van der Waals surface area contributed by atoms with Crippen LogP contribution >= 0.6 is 15.9 Å². The molecule has 1 heterocycles. The number of carboxylic acid groups (broad SMARTS) is 1. The summed E-state index contributed by atoms with van der Waals surface area (Å²) in [6.45, 7) is 1.72. The molecule has 0 aliphatic rings. The predicted octanol–water partition coefficient (Wildman–Crippen LogP) is -2.48. The Labute approximate surface area is 121 Å². The standard InChI is InChI=1S/C7H6BrNO2.K/c1-4-2-5(8)3-6(9-4)7(10)11;/h2-3H,1H3,(H,10,11);/q;+1/p-1. The summed E-state index contributed by atoms with van der Waals surface area (Å²) >= 11 is 3.15. The van der Waals surface area contributed by atoms with Crippen molar-refractivity contribution in [3.8, 4) is 0 Å². The number of halogens is 1. The summed E-state index contributed by atoms with van der Waals surface area (Å²) < 4.78 is 0.698. The second-order valence-corrected chi connectivity index (χ2v) is 3.02. The summed E-state index contributed by atoms with van der Waals surface area (Å²) in [7, 11) is 0. The van der Waals surface area contributed by atoms with Crippen molar-refractivity contribution in [3.05, 3.63) is 28.0 Å². The number of carboxylic acids is 1. The van der Waals surface area contributed by atoms with Crippen molar-refractivity contribution < 1.29 is 61.3 Å². The minimum absolute atomic E-state index is 0. The Morgan fingerprint density at radius 2 is 2.17 bits per heavy atom. The first-order valence-corrected chi connectivity index (χ1v) is 3.74. The molecule has 0 radical (unpaired) electrons. The first-order valence-electron chi connectivity index (χ1n) is 2.95. The first-order chi connectivity index (χ1) is 5.09. The fourth-order valence-electron chi connectivity index (χ4n) is 0.731. The van der Waals surface area contributed by atoms with Gasteiger partial charge in [-0.15, -0.1) is 0 Å². The Balaban J connectivity index is 0.00000121. The van der Waals surface area contributed by atoms with Gasteiger partial charge < -0.3 is 9.90 Å². The van der Waals surface area contributed by atoms with Crippen molar-refractivity contribution in [3.63, 3.8) is 0 Å². The van der Waals surface area contributed by atoms with Crippen molar-refractivity contribution in [2.75, 3.05) is 0 Å². The Morgan fingerprint density at radius 3 is 2.58 bits per heavy atom. The number of hydrogen-bond acceptors (Lipinski definition) is 3. The van der Waals surface area contributed by atoms with Crippen molar-refractivity contribution in [2.24, 2.45) is 0 Å². The Morgan fingerprint density at radius 1 is 1.58 bits per heavy atom. The van der Waals surface area contributed by atoms with Gasteiger partial charge in [-0.25, -0.2) is 0 Å². The van der Waals surface area contributed by atoms with Crippen molar-refractivity contribution >= 4 is 21.9 Å². The van der Waals surface area contributed by atoms with Gasteiger partial charge in [-0.1, -0.05) is 15.9 Å². The van der Waals surface area contributed by atoms with E-state index in [2.05, 4.69) is 20.9 Å². The van der Waals surface area contributed by atoms with Crippen LogP contribution in [0.1, 0.15) is 16.2 Å². The van der Waals surface area contributed by atoms with E-state index in [1.807, 2.05) is 0 Å². The van der Waals surface area contributed by atoms with Gasteiger partial charge in [-0.3, -0.25) is 4.98 Å². The molecule has 0 bridgehead atoms. The van der Waals surface area contributed by atoms with Crippen LogP contribution in [0.3, 0.4) is 0 Å². The summed E-state index contributed by atoms with van der Waals surface area (Å²) in [5.74, 6) is -1.26. The number of nitrogens with zero attached hydrogens (tertiary/aromatic N) is 1. The Kier molecular flexibility index (Phi) is 5.80. The maximum Gasteiger partial charge on any atom is 1.00 e. The van der Waals surface area contributed by atoms with E-state index in [0.29, 0.717) is 10.2 Å². The van der Waals surface area contributed by atoms with Crippen LogP contribution in [-0.4, -0.2) is 11.0 Å².